The van der Waals surface area contributed by atoms with Gasteiger partial charge < -0.3 is 15.1 Å². The Bertz CT molecular complexity index is 718. The van der Waals surface area contributed by atoms with E-state index in [1.807, 2.05) is 29.2 Å². The number of nitrogens with zero attached hydrogens (tertiary/aromatic N) is 1. The standard InChI is InChI=1S/C22H27NO3/c24-18-12-10-17(11-13-18)20(19-8-4-5-9-21(19)25)16-22(26)23-14-6-2-1-3-7-15-23/h4-5,8-13,20,24-25H,1-3,6-7,14-16H2/t20-/m0/s1. The molecule has 0 radical (unpaired) electrons. The van der Waals surface area contributed by atoms with Crippen LogP contribution in [0.2, 0.25) is 0 Å². The summed E-state index contributed by atoms with van der Waals surface area (Å²) in [6.07, 6.45) is 6.08. The van der Waals surface area contributed by atoms with Crippen LogP contribution < -0.4 is 0 Å². The van der Waals surface area contributed by atoms with Gasteiger partial charge in [-0.15, -0.1) is 0 Å². The van der Waals surface area contributed by atoms with Crippen molar-refractivity contribution in [1.82, 2.24) is 4.90 Å². The van der Waals surface area contributed by atoms with E-state index in [2.05, 4.69) is 0 Å². The van der Waals surface area contributed by atoms with Gasteiger partial charge in [-0.3, -0.25) is 4.79 Å². The quantitative estimate of drug-likeness (QED) is 0.856. The van der Waals surface area contributed by atoms with Crippen LogP contribution in [0.1, 0.15) is 55.6 Å². The van der Waals surface area contributed by atoms with Crippen molar-refractivity contribution in [1.29, 1.82) is 0 Å². The molecule has 138 valence electrons. The highest BCUT2D eigenvalue weighted by molar-refractivity contribution is 5.78. The first-order chi connectivity index (χ1) is 12.6. The van der Waals surface area contributed by atoms with E-state index in [0.717, 1.165) is 37.1 Å². The largest absolute Gasteiger partial charge is 0.508 e. The molecule has 3 rings (SSSR count). The normalized spacial score (nSPS) is 16.5. The van der Waals surface area contributed by atoms with Crippen molar-refractivity contribution in [2.75, 3.05) is 13.1 Å². The summed E-state index contributed by atoms with van der Waals surface area (Å²) in [5.74, 6) is 0.300. The van der Waals surface area contributed by atoms with Crippen molar-refractivity contribution in [2.24, 2.45) is 0 Å². The zero-order valence-corrected chi connectivity index (χ0v) is 15.1. The number of amides is 1. The van der Waals surface area contributed by atoms with E-state index >= 15 is 0 Å². The highest BCUT2D eigenvalue weighted by Crippen LogP contribution is 2.35. The molecule has 0 saturated carbocycles. The summed E-state index contributed by atoms with van der Waals surface area (Å²) in [6, 6.07) is 14.1. The van der Waals surface area contributed by atoms with Crippen LogP contribution in [0.15, 0.2) is 48.5 Å². The van der Waals surface area contributed by atoms with Crippen LogP contribution in [0.25, 0.3) is 0 Å². The predicted octanol–water partition coefficient (Wildman–Crippen LogP) is 4.41. The minimum atomic E-state index is -0.227. The number of hydrogen-bond acceptors (Lipinski definition) is 3. The number of phenolic OH excluding ortho intramolecular Hbond substituents is 2. The molecule has 1 heterocycles. The minimum absolute atomic E-state index is 0.133. The molecule has 1 fully saturated rings. The number of para-hydroxylation sites is 1. The van der Waals surface area contributed by atoms with E-state index < -0.39 is 0 Å². The molecule has 2 aromatic rings. The highest BCUT2D eigenvalue weighted by atomic mass is 16.3. The Kier molecular flexibility index (Phi) is 6.16. The van der Waals surface area contributed by atoms with Gasteiger partial charge in [-0.2, -0.15) is 0 Å². The number of benzene rings is 2. The summed E-state index contributed by atoms with van der Waals surface area (Å²) in [4.78, 5) is 15.0. The zero-order chi connectivity index (χ0) is 18.4. The Morgan fingerprint density at radius 1 is 0.885 bits per heavy atom. The molecule has 4 heteroatoms. The number of rotatable bonds is 4. The third-order valence-corrected chi connectivity index (χ3v) is 5.20. The van der Waals surface area contributed by atoms with Crippen LogP contribution in [-0.2, 0) is 4.79 Å². The smallest absolute Gasteiger partial charge is 0.223 e. The van der Waals surface area contributed by atoms with Crippen LogP contribution in [0.5, 0.6) is 11.5 Å². The van der Waals surface area contributed by atoms with Gasteiger partial charge in [-0.05, 0) is 36.6 Å². The molecule has 0 aliphatic carbocycles. The fourth-order valence-corrected chi connectivity index (χ4v) is 3.70. The van der Waals surface area contributed by atoms with E-state index in [1.165, 1.54) is 19.3 Å². The minimum Gasteiger partial charge on any atom is -0.508 e. The second-order valence-electron chi connectivity index (χ2n) is 7.06. The molecule has 0 bridgehead atoms. The summed E-state index contributed by atoms with van der Waals surface area (Å²) >= 11 is 0. The van der Waals surface area contributed by atoms with Crippen LogP contribution in [0.3, 0.4) is 0 Å². The fraction of sp³-hybridized carbons (Fsp3) is 0.409. The number of carbonyl (C=O) groups is 1. The number of aromatic hydroxyl groups is 2. The molecule has 4 nitrogen and oxygen atoms in total. The molecular formula is C22H27NO3. The maximum Gasteiger partial charge on any atom is 0.223 e. The first-order valence-electron chi connectivity index (χ1n) is 9.50. The SMILES string of the molecule is O=C(C[C@@H](c1ccc(O)cc1)c1ccccc1O)N1CCCCCCC1. The van der Waals surface area contributed by atoms with Crippen LogP contribution >= 0.6 is 0 Å². The first-order valence-corrected chi connectivity index (χ1v) is 9.50. The Balaban J connectivity index is 1.84. The van der Waals surface area contributed by atoms with E-state index in [-0.39, 0.29) is 23.3 Å². The average molecular weight is 353 g/mol. The summed E-state index contributed by atoms with van der Waals surface area (Å²) in [7, 11) is 0. The molecule has 0 unspecified atom stereocenters. The van der Waals surface area contributed by atoms with E-state index in [1.54, 1.807) is 24.3 Å². The van der Waals surface area contributed by atoms with Crippen molar-refractivity contribution in [3.8, 4) is 11.5 Å². The van der Waals surface area contributed by atoms with Gasteiger partial charge in [0.05, 0.1) is 0 Å². The Labute approximate surface area is 155 Å². The third-order valence-electron chi connectivity index (χ3n) is 5.20. The predicted molar refractivity (Wildman–Crippen MR) is 102 cm³/mol. The summed E-state index contributed by atoms with van der Waals surface area (Å²) < 4.78 is 0. The monoisotopic (exact) mass is 353 g/mol. The van der Waals surface area contributed by atoms with Crippen LogP contribution in [-0.4, -0.2) is 34.1 Å². The summed E-state index contributed by atoms with van der Waals surface area (Å²) in [6.45, 7) is 1.64. The van der Waals surface area contributed by atoms with Gasteiger partial charge in [0, 0.05) is 31.0 Å². The number of hydrogen-bond donors (Lipinski definition) is 2. The summed E-state index contributed by atoms with van der Waals surface area (Å²) in [5, 5.41) is 19.9. The lowest BCUT2D eigenvalue weighted by Crippen LogP contribution is -2.34. The molecule has 1 atom stereocenters. The number of likely N-dealkylation sites (tertiary alicyclic amines) is 1. The topological polar surface area (TPSA) is 60.8 Å². The van der Waals surface area contributed by atoms with Gasteiger partial charge in [0.25, 0.3) is 0 Å². The van der Waals surface area contributed by atoms with Gasteiger partial charge in [0.1, 0.15) is 11.5 Å². The van der Waals surface area contributed by atoms with Crippen molar-refractivity contribution < 1.29 is 15.0 Å². The van der Waals surface area contributed by atoms with Crippen molar-refractivity contribution in [3.05, 3.63) is 59.7 Å². The first kappa shape index (κ1) is 18.3. The third kappa shape index (κ3) is 4.57. The molecule has 1 aliphatic heterocycles. The maximum atomic E-state index is 13.0. The van der Waals surface area contributed by atoms with Crippen molar-refractivity contribution >= 4 is 5.91 Å². The van der Waals surface area contributed by atoms with Crippen LogP contribution in [0, 0.1) is 0 Å². The van der Waals surface area contributed by atoms with Crippen molar-refractivity contribution in [3.63, 3.8) is 0 Å². The van der Waals surface area contributed by atoms with Crippen LogP contribution in [0.4, 0.5) is 0 Å². The number of carbonyl (C=O) groups excluding carboxylic acids is 1. The van der Waals surface area contributed by atoms with Gasteiger partial charge in [0.2, 0.25) is 5.91 Å². The van der Waals surface area contributed by atoms with Gasteiger partial charge in [0.15, 0.2) is 0 Å². The van der Waals surface area contributed by atoms with Crippen molar-refractivity contribution in [2.45, 2.75) is 44.4 Å². The molecule has 26 heavy (non-hydrogen) atoms. The lowest BCUT2D eigenvalue weighted by Gasteiger charge is -2.27. The molecule has 2 aromatic carbocycles. The van der Waals surface area contributed by atoms with Gasteiger partial charge in [-0.1, -0.05) is 49.6 Å². The summed E-state index contributed by atoms with van der Waals surface area (Å²) in [5.41, 5.74) is 1.67. The van der Waals surface area contributed by atoms with Gasteiger partial charge >= 0.3 is 0 Å². The second-order valence-corrected chi connectivity index (χ2v) is 7.06. The van der Waals surface area contributed by atoms with E-state index in [0.29, 0.717) is 6.42 Å². The average Bonchev–Trinajstić information content (AvgIpc) is 2.61. The molecule has 1 aliphatic rings. The maximum absolute atomic E-state index is 13.0. The van der Waals surface area contributed by atoms with Gasteiger partial charge in [-0.25, -0.2) is 0 Å². The Morgan fingerprint density at radius 2 is 1.50 bits per heavy atom. The van der Waals surface area contributed by atoms with E-state index in [9.17, 15) is 15.0 Å². The second kappa shape index (κ2) is 8.75. The molecule has 2 N–H and O–H groups in total. The molecule has 0 spiro atoms. The zero-order valence-electron chi connectivity index (χ0n) is 15.1. The molecule has 1 saturated heterocycles. The van der Waals surface area contributed by atoms with E-state index in [4.69, 9.17) is 0 Å². The molecule has 0 aromatic heterocycles. The lowest BCUT2D eigenvalue weighted by molar-refractivity contribution is -0.131. The lowest BCUT2D eigenvalue weighted by atomic mass is 9.87. The Morgan fingerprint density at radius 3 is 2.15 bits per heavy atom. The molecular weight excluding hydrogens is 326 g/mol. The fourth-order valence-electron chi connectivity index (χ4n) is 3.70. The highest BCUT2D eigenvalue weighted by Gasteiger charge is 2.24. The Hall–Kier alpha value is -2.49. The molecule has 1 amide bonds. The number of phenols is 2.